The smallest absolute Gasteiger partial charge is 0.194 e. The van der Waals surface area contributed by atoms with Crippen LogP contribution < -0.4 is 10.1 Å². The van der Waals surface area contributed by atoms with Gasteiger partial charge in [0, 0.05) is 26.2 Å². The molecule has 0 radical (unpaired) electrons. The third kappa shape index (κ3) is 5.13. The van der Waals surface area contributed by atoms with Gasteiger partial charge in [0.25, 0.3) is 0 Å². The molecule has 1 unspecified atom stereocenters. The van der Waals surface area contributed by atoms with E-state index in [-0.39, 0.29) is 6.10 Å². The van der Waals surface area contributed by atoms with Crippen molar-refractivity contribution in [1.82, 2.24) is 10.2 Å². The lowest BCUT2D eigenvalue weighted by Gasteiger charge is -2.21. The van der Waals surface area contributed by atoms with E-state index in [0.29, 0.717) is 12.5 Å². The van der Waals surface area contributed by atoms with Gasteiger partial charge in [-0.15, -0.1) is 0 Å². The van der Waals surface area contributed by atoms with Gasteiger partial charge in [0.05, 0.1) is 13.2 Å². The number of β-amino-alcohol motifs (C(OH)–C–C–N with tert-alkyl or cyclic N) is 1. The second-order valence-corrected chi connectivity index (χ2v) is 6.09. The number of nitrogens with one attached hydrogen (secondary N) is 1. The molecule has 2 rings (SSSR count). The molecule has 1 saturated heterocycles. The Bertz CT molecular complexity index is 501. The van der Waals surface area contributed by atoms with Crippen LogP contribution in [0.5, 0.6) is 5.75 Å². The first-order valence-electron chi connectivity index (χ1n) is 8.49. The molecule has 1 aromatic rings. The van der Waals surface area contributed by atoms with E-state index in [1.165, 1.54) is 5.56 Å². The van der Waals surface area contributed by atoms with Gasteiger partial charge in [-0.3, -0.25) is 4.99 Å². The molecule has 5 nitrogen and oxygen atoms in total. The molecule has 0 saturated carbocycles. The lowest BCUT2D eigenvalue weighted by molar-refractivity contribution is 0.188. The number of hydrogen-bond acceptors (Lipinski definition) is 3. The Morgan fingerprint density at radius 3 is 2.74 bits per heavy atom. The van der Waals surface area contributed by atoms with Gasteiger partial charge in [0.1, 0.15) is 5.75 Å². The van der Waals surface area contributed by atoms with Crippen LogP contribution in [0.15, 0.2) is 29.3 Å². The molecule has 1 aromatic carbocycles. The van der Waals surface area contributed by atoms with Crippen molar-refractivity contribution in [3.63, 3.8) is 0 Å². The van der Waals surface area contributed by atoms with E-state index < -0.39 is 0 Å². The molecule has 23 heavy (non-hydrogen) atoms. The largest absolute Gasteiger partial charge is 0.497 e. The number of benzene rings is 1. The van der Waals surface area contributed by atoms with E-state index in [1.807, 2.05) is 12.1 Å². The summed E-state index contributed by atoms with van der Waals surface area (Å²) in [6.07, 6.45) is 1.60. The van der Waals surface area contributed by atoms with Gasteiger partial charge in [-0.05, 0) is 43.4 Å². The van der Waals surface area contributed by atoms with Gasteiger partial charge in [-0.25, -0.2) is 0 Å². The number of ether oxygens (including phenoxy) is 1. The lowest BCUT2D eigenvalue weighted by atomic mass is 9.98. The van der Waals surface area contributed by atoms with Crippen LogP contribution in [0.3, 0.4) is 0 Å². The standard InChI is InChI=1S/C18H29N3O2/c1-4-19-18(21-12-10-16(22)13-21)20-11-9-14(2)15-5-7-17(23-3)8-6-15/h5-8,14,16,22H,4,9-13H2,1-3H3,(H,19,20)/t14?,16-/m1/s1. The van der Waals surface area contributed by atoms with Crippen molar-refractivity contribution in [2.45, 2.75) is 38.7 Å². The average Bonchev–Trinajstić information content (AvgIpc) is 3.00. The van der Waals surface area contributed by atoms with Gasteiger partial charge >= 0.3 is 0 Å². The minimum Gasteiger partial charge on any atom is -0.497 e. The van der Waals surface area contributed by atoms with Crippen LogP contribution in [0.4, 0.5) is 0 Å². The highest BCUT2D eigenvalue weighted by molar-refractivity contribution is 5.80. The van der Waals surface area contributed by atoms with Gasteiger partial charge < -0.3 is 20.1 Å². The first kappa shape index (κ1) is 17.6. The van der Waals surface area contributed by atoms with Crippen molar-refractivity contribution in [2.24, 2.45) is 4.99 Å². The van der Waals surface area contributed by atoms with E-state index in [9.17, 15) is 5.11 Å². The van der Waals surface area contributed by atoms with Crippen LogP contribution in [0, 0.1) is 0 Å². The maximum atomic E-state index is 9.69. The van der Waals surface area contributed by atoms with Crippen molar-refractivity contribution in [2.75, 3.05) is 33.3 Å². The number of nitrogens with zero attached hydrogens (tertiary/aromatic N) is 2. The molecular weight excluding hydrogens is 290 g/mol. The van der Waals surface area contributed by atoms with Crippen LogP contribution in [-0.4, -0.2) is 55.4 Å². The van der Waals surface area contributed by atoms with Crippen LogP contribution in [-0.2, 0) is 0 Å². The van der Waals surface area contributed by atoms with Crippen molar-refractivity contribution >= 4 is 5.96 Å². The van der Waals surface area contributed by atoms with Crippen molar-refractivity contribution in [1.29, 1.82) is 0 Å². The summed E-state index contributed by atoms with van der Waals surface area (Å²) < 4.78 is 5.20. The van der Waals surface area contributed by atoms with Crippen LogP contribution >= 0.6 is 0 Å². The topological polar surface area (TPSA) is 57.1 Å². The molecule has 0 aromatic heterocycles. The number of likely N-dealkylation sites (tertiary alicyclic amines) is 1. The zero-order valence-corrected chi connectivity index (χ0v) is 14.5. The summed E-state index contributed by atoms with van der Waals surface area (Å²) in [7, 11) is 1.69. The predicted molar refractivity (Wildman–Crippen MR) is 94.2 cm³/mol. The number of guanidine groups is 1. The Hall–Kier alpha value is -1.75. The second-order valence-electron chi connectivity index (χ2n) is 6.09. The quantitative estimate of drug-likeness (QED) is 0.623. The molecule has 2 atom stereocenters. The van der Waals surface area contributed by atoms with Crippen molar-refractivity contribution in [3.05, 3.63) is 29.8 Å². The molecule has 0 aliphatic carbocycles. The third-order valence-electron chi connectivity index (χ3n) is 4.31. The molecule has 0 amide bonds. The zero-order valence-electron chi connectivity index (χ0n) is 14.5. The Balaban J connectivity index is 1.88. The SMILES string of the molecule is CCNC(=NCCC(C)c1ccc(OC)cc1)N1CC[C@@H](O)C1. The molecule has 1 fully saturated rings. The highest BCUT2D eigenvalue weighted by atomic mass is 16.5. The maximum absolute atomic E-state index is 9.69. The molecule has 0 bridgehead atoms. The second kappa shape index (κ2) is 8.77. The summed E-state index contributed by atoms with van der Waals surface area (Å²) in [6.45, 7) is 7.48. The molecule has 1 aliphatic rings. The van der Waals surface area contributed by atoms with Gasteiger partial charge in [0.2, 0.25) is 0 Å². The molecule has 128 valence electrons. The molecule has 5 heteroatoms. The monoisotopic (exact) mass is 319 g/mol. The highest BCUT2D eigenvalue weighted by Crippen LogP contribution is 2.21. The lowest BCUT2D eigenvalue weighted by Crippen LogP contribution is -2.40. The van der Waals surface area contributed by atoms with Crippen LogP contribution in [0.25, 0.3) is 0 Å². The van der Waals surface area contributed by atoms with Gasteiger partial charge in [0.15, 0.2) is 5.96 Å². The average molecular weight is 319 g/mol. The van der Waals surface area contributed by atoms with E-state index in [2.05, 4.69) is 36.2 Å². The number of aliphatic hydroxyl groups is 1. The normalized spacial score (nSPS) is 19.7. The third-order valence-corrected chi connectivity index (χ3v) is 4.31. The summed E-state index contributed by atoms with van der Waals surface area (Å²) in [5, 5.41) is 13.0. The van der Waals surface area contributed by atoms with Crippen LogP contribution in [0.2, 0.25) is 0 Å². The first-order chi connectivity index (χ1) is 11.1. The molecule has 1 heterocycles. The highest BCUT2D eigenvalue weighted by Gasteiger charge is 2.22. The van der Waals surface area contributed by atoms with E-state index in [0.717, 1.165) is 44.2 Å². The Kier molecular flexibility index (Phi) is 6.71. The van der Waals surface area contributed by atoms with E-state index in [1.54, 1.807) is 7.11 Å². The molecular formula is C18H29N3O2. The Labute approximate surface area is 139 Å². The number of methoxy groups -OCH3 is 1. The minimum atomic E-state index is -0.225. The fourth-order valence-electron chi connectivity index (χ4n) is 2.82. The number of rotatable bonds is 6. The summed E-state index contributed by atoms with van der Waals surface area (Å²) in [6, 6.07) is 8.25. The summed E-state index contributed by atoms with van der Waals surface area (Å²) in [5.74, 6) is 2.27. The Morgan fingerprint density at radius 2 is 2.17 bits per heavy atom. The van der Waals surface area contributed by atoms with Gasteiger partial charge in [-0.1, -0.05) is 19.1 Å². The first-order valence-corrected chi connectivity index (χ1v) is 8.49. The predicted octanol–water partition coefficient (Wildman–Crippen LogP) is 2.22. The summed E-state index contributed by atoms with van der Waals surface area (Å²) in [5.41, 5.74) is 1.31. The zero-order chi connectivity index (χ0) is 16.7. The Morgan fingerprint density at radius 1 is 1.43 bits per heavy atom. The number of aliphatic hydroxyl groups excluding tert-OH is 1. The van der Waals surface area contributed by atoms with Crippen molar-refractivity contribution < 1.29 is 9.84 Å². The number of hydrogen-bond donors (Lipinski definition) is 2. The number of aliphatic imine (C=N–C) groups is 1. The summed E-state index contributed by atoms with van der Waals surface area (Å²) >= 11 is 0. The summed E-state index contributed by atoms with van der Waals surface area (Å²) in [4.78, 5) is 6.87. The minimum absolute atomic E-state index is 0.225. The fraction of sp³-hybridized carbons (Fsp3) is 0.611. The molecule has 0 spiro atoms. The van der Waals surface area contributed by atoms with Crippen LogP contribution in [0.1, 0.15) is 38.2 Å². The van der Waals surface area contributed by atoms with Gasteiger partial charge in [-0.2, -0.15) is 0 Å². The molecule has 1 aliphatic heterocycles. The van der Waals surface area contributed by atoms with E-state index >= 15 is 0 Å². The van der Waals surface area contributed by atoms with Crippen molar-refractivity contribution in [3.8, 4) is 5.75 Å². The maximum Gasteiger partial charge on any atom is 0.194 e. The fourth-order valence-corrected chi connectivity index (χ4v) is 2.82. The van der Waals surface area contributed by atoms with E-state index in [4.69, 9.17) is 9.73 Å². The molecule has 2 N–H and O–H groups in total.